The molecule has 0 aliphatic heterocycles. The highest BCUT2D eigenvalue weighted by Gasteiger charge is 2.42. The number of benzene rings is 1. The van der Waals surface area contributed by atoms with E-state index in [-0.39, 0.29) is 5.41 Å². The Bertz CT molecular complexity index is 429. The molecule has 18 heavy (non-hydrogen) atoms. The number of hydrogen-bond acceptors (Lipinski definition) is 3. The molecule has 0 saturated heterocycles. The lowest BCUT2D eigenvalue weighted by Gasteiger charge is -2.22. The summed E-state index contributed by atoms with van der Waals surface area (Å²) in [4.78, 5) is 2.31. The van der Waals surface area contributed by atoms with Crippen molar-refractivity contribution >= 4 is 0 Å². The van der Waals surface area contributed by atoms with Gasteiger partial charge in [-0.2, -0.15) is 5.26 Å². The van der Waals surface area contributed by atoms with Crippen LogP contribution < -0.4 is 4.74 Å². The first-order valence-electron chi connectivity index (χ1n) is 6.36. The van der Waals surface area contributed by atoms with Crippen LogP contribution in [0.5, 0.6) is 5.75 Å². The molecule has 2 rings (SSSR count). The van der Waals surface area contributed by atoms with E-state index < -0.39 is 0 Å². The molecular weight excluding hydrogens is 224 g/mol. The summed E-state index contributed by atoms with van der Waals surface area (Å²) in [5.41, 5.74) is 1.57. The lowest BCUT2D eigenvalue weighted by atomic mass is 10.0. The standard InChI is InChI=1S/C15H20N2O/c1-17(12-15(7-8-15)9-10-16)11-13-3-5-14(18-2)6-4-13/h3-6H,7-9,11-12H2,1-2H3. The predicted octanol–water partition coefficient (Wildman–Crippen LogP) is 2.82. The minimum atomic E-state index is 0.288. The molecular formula is C15H20N2O. The van der Waals surface area contributed by atoms with E-state index in [0.29, 0.717) is 6.42 Å². The zero-order chi connectivity index (χ0) is 13.0. The molecule has 0 unspecified atom stereocenters. The average Bonchev–Trinajstić information content (AvgIpc) is 3.10. The van der Waals surface area contributed by atoms with Crippen LogP contribution in [0.25, 0.3) is 0 Å². The second kappa shape index (κ2) is 5.41. The maximum Gasteiger partial charge on any atom is 0.118 e. The molecule has 0 heterocycles. The average molecular weight is 244 g/mol. The highest BCUT2D eigenvalue weighted by atomic mass is 16.5. The largest absolute Gasteiger partial charge is 0.497 e. The van der Waals surface area contributed by atoms with Crippen molar-refractivity contribution in [3.05, 3.63) is 29.8 Å². The van der Waals surface area contributed by atoms with Crippen molar-refractivity contribution < 1.29 is 4.74 Å². The fourth-order valence-electron chi connectivity index (χ4n) is 2.41. The lowest BCUT2D eigenvalue weighted by molar-refractivity contribution is 0.257. The summed E-state index contributed by atoms with van der Waals surface area (Å²) >= 11 is 0. The Morgan fingerprint density at radius 1 is 1.33 bits per heavy atom. The van der Waals surface area contributed by atoms with Gasteiger partial charge in [0.1, 0.15) is 5.75 Å². The van der Waals surface area contributed by atoms with Gasteiger partial charge in [-0.3, -0.25) is 0 Å². The second-order valence-electron chi connectivity index (χ2n) is 5.36. The fraction of sp³-hybridized carbons (Fsp3) is 0.533. The maximum absolute atomic E-state index is 8.82. The van der Waals surface area contributed by atoms with Crippen LogP contribution in [0.15, 0.2) is 24.3 Å². The summed E-state index contributed by atoms with van der Waals surface area (Å²) in [5, 5.41) is 8.82. The summed E-state index contributed by atoms with van der Waals surface area (Å²) in [6.45, 7) is 1.95. The molecule has 3 heteroatoms. The summed E-state index contributed by atoms with van der Waals surface area (Å²) in [7, 11) is 3.81. The van der Waals surface area contributed by atoms with Crippen LogP contribution in [-0.2, 0) is 6.54 Å². The van der Waals surface area contributed by atoms with Gasteiger partial charge >= 0.3 is 0 Å². The lowest BCUT2D eigenvalue weighted by Crippen LogP contribution is -2.26. The molecule has 0 spiro atoms. The van der Waals surface area contributed by atoms with Crippen LogP contribution >= 0.6 is 0 Å². The van der Waals surface area contributed by atoms with Gasteiger partial charge in [0.2, 0.25) is 0 Å². The van der Waals surface area contributed by atoms with Crippen LogP contribution in [0.4, 0.5) is 0 Å². The highest BCUT2D eigenvalue weighted by molar-refractivity contribution is 5.27. The summed E-state index contributed by atoms with van der Waals surface area (Å²) in [6.07, 6.45) is 3.10. The molecule has 96 valence electrons. The molecule has 0 atom stereocenters. The third kappa shape index (κ3) is 3.24. The quantitative estimate of drug-likeness (QED) is 0.772. The first-order chi connectivity index (χ1) is 8.67. The van der Waals surface area contributed by atoms with Gasteiger partial charge in [0, 0.05) is 19.5 Å². The normalized spacial score (nSPS) is 16.3. The van der Waals surface area contributed by atoms with Crippen LogP contribution in [-0.4, -0.2) is 25.6 Å². The third-order valence-corrected chi connectivity index (χ3v) is 3.63. The van der Waals surface area contributed by atoms with Crippen LogP contribution in [0, 0.1) is 16.7 Å². The zero-order valence-corrected chi connectivity index (χ0v) is 11.1. The highest BCUT2D eigenvalue weighted by Crippen LogP contribution is 2.49. The summed E-state index contributed by atoms with van der Waals surface area (Å²) < 4.78 is 5.15. The SMILES string of the molecule is COc1ccc(CN(C)CC2(CC#N)CC2)cc1. The third-order valence-electron chi connectivity index (χ3n) is 3.63. The van der Waals surface area contributed by atoms with Crippen molar-refractivity contribution in [2.45, 2.75) is 25.8 Å². The summed E-state index contributed by atoms with van der Waals surface area (Å²) in [5.74, 6) is 0.893. The molecule has 0 bridgehead atoms. The minimum absolute atomic E-state index is 0.288. The Balaban J connectivity index is 1.87. The molecule has 1 aliphatic carbocycles. The van der Waals surface area contributed by atoms with Crippen LogP contribution in [0.3, 0.4) is 0 Å². The Kier molecular flexibility index (Phi) is 3.88. The monoisotopic (exact) mass is 244 g/mol. The fourth-order valence-corrected chi connectivity index (χ4v) is 2.41. The smallest absolute Gasteiger partial charge is 0.118 e. The molecule has 0 radical (unpaired) electrons. The molecule has 0 amide bonds. The number of ether oxygens (including phenoxy) is 1. The van der Waals surface area contributed by atoms with E-state index >= 15 is 0 Å². The number of rotatable bonds is 6. The predicted molar refractivity (Wildman–Crippen MR) is 71.2 cm³/mol. The number of methoxy groups -OCH3 is 1. The number of nitriles is 1. The number of nitrogens with zero attached hydrogens (tertiary/aromatic N) is 2. The van der Waals surface area contributed by atoms with Crippen LogP contribution in [0.1, 0.15) is 24.8 Å². The maximum atomic E-state index is 8.82. The van der Waals surface area contributed by atoms with Gasteiger partial charge in [-0.05, 0) is 43.0 Å². The Morgan fingerprint density at radius 3 is 2.50 bits per heavy atom. The zero-order valence-electron chi connectivity index (χ0n) is 11.1. The topological polar surface area (TPSA) is 36.3 Å². The Hall–Kier alpha value is -1.53. The van der Waals surface area contributed by atoms with E-state index in [2.05, 4.69) is 30.1 Å². The molecule has 0 aromatic heterocycles. The van der Waals surface area contributed by atoms with Gasteiger partial charge in [-0.25, -0.2) is 0 Å². The van der Waals surface area contributed by atoms with Gasteiger partial charge in [0.25, 0.3) is 0 Å². The molecule has 1 aliphatic rings. The molecule has 1 fully saturated rings. The van der Waals surface area contributed by atoms with Gasteiger partial charge in [-0.15, -0.1) is 0 Å². The second-order valence-corrected chi connectivity index (χ2v) is 5.36. The first-order valence-corrected chi connectivity index (χ1v) is 6.36. The van der Waals surface area contributed by atoms with E-state index in [1.54, 1.807) is 7.11 Å². The Morgan fingerprint density at radius 2 is 2.00 bits per heavy atom. The minimum Gasteiger partial charge on any atom is -0.497 e. The van der Waals surface area contributed by atoms with Crippen LogP contribution in [0.2, 0.25) is 0 Å². The van der Waals surface area contributed by atoms with Crippen molar-refractivity contribution in [3.8, 4) is 11.8 Å². The van der Waals surface area contributed by atoms with Crippen molar-refractivity contribution in [2.75, 3.05) is 20.7 Å². The van der Waals surface area contributed by atoms with E-state index in [9.17, 15) is 0 Å². The molecule has 3 nitrogen and oxygen atoms in total. The summed E-state index contributed by atoms with van der Waals surface area (Å²) in [6, 6.07) is 10.5. The van der Waals surface area contributed by atoms with E-state index in [1.165, 1.54) is 18.4 Å². The van der Waals surface area contributed by atoms with Crippen molar-refractivity contribution in [1.82, 2.24) is 4.90 Å². The van der Waals surface area contributed by atoms with Crippen molar-refractivity contribution in [2.24, 2.45) is 5.41 Å². The van der Waals surface area contributed by atoms with Gasteiger partial charge in [-0.1, -0.05) is 12.1 Å². The molecule has 1 saturated carbocycles. The van der Waals surface area contributed by atoms with Crippen molar-refractivity contribution in [1.29, 1.82) is 5.26 Å². The van der Waals surface area contributed by atoms with Gasteiger partial charge in [0.15, 0.2) is 0 Å². The van der Waals surface area contributed by atoms with E-state index in [1.807, 2.05) is 12.1 Å². The first kappa shape index (κ1) is 12.9. The van der Waals surface area contributed by atoms with Gasteiger partial charge < -0.3 is 9.64 Å². The van der Waals surface area contributed by atoms with E-state index in [4.69, 9.17) is 10.00 Å². The Labute approximate surface area is 109 Å². The molecule has 1 aromatic carbocycles. The number of hydrogen-bond donors (Lipinski definition) is 0. The van der Waals surface area contributed by atoms with Gasteiger partial charge in [0.05, 0.1) is 13.2 Å². The van der Waals surface area contributed by atoms with Crippen molar-refractivity contribution in [3.63, 3.8) is 0 Å². The molecule has 0 N–H and O–H groups in total. The molecule has 1 aromatic rings. The van der Waals surface area contributed by atoms with E-state index in [0.717, 1.165) is 18.8 Å².